The molecule has 0 radical (unpaired) electrons. The van der Waals surface area contributed by atoms with Gasteiger partial charge in [-0.3, -0.25) is 4.79 Å². The second kappa shape index (κ2) is 4.87. The quantitative estimate of drug-likeness (QED) is 0.883. The molecule has 1 amide bonds. The lowest BCUT2D eigenvalue weighted by molar-refractivity contribution is 0.0736. The van der Waals surface area contributed by atoms with E-state index in [9.17, 15) is 9.90 Å². The fourth-order valence-electron chi connectivity index (χ4n) is 2.46. The van der Waals surface area contributed by atoms with Crippen LogP contribution >= 0.6 is 0 Å². The number of phenolic OH excluding ortho intramolecular Hbond substituents is 1. The Morgan fingerprint density at radius 2 is 1.79 bits per heavy atom. The number of carbonyl (C=O) groups excluding carboxylic acids is 1. The van der Waals surface area contributed by atoms with E-state index >= 15 is 0 Å². The maximum absolute atomic E-state index is 12.6. The average molecular weight is 259 g/mol. The van der Waals surface area contributed by atoms with Crippen LogP contribution in [-0.4, -0.2) is 29.0 Å². The second-order valence-corrected chi connectivity index (χ2v) is 6.12. The molecule has 3 rings (SSSR count). The number of phenols is 1. The van der Waals surface area contributed by atoms with Crippen molar-refractivity contribution in [3.8, 4) is 5.75 Å². The minimum absolute atomic E-state index is 0.00343. The third kappa shape index (κ3) is 3.09. The van der Waals surface area contributed by atoms with Gasteiger partial charge in [0.2, 0.25) is 0 Å². The molecule has 1 aromatic carbocycles. The van der Waals surface area contributed by atoms with Crippen molar-refractivity contribution in [3.63, 3.8) is 0 Å². The number of rotatable bonds is 5. The lowest BCUT2D eigenvalue weighted by Gasteiger charge is -2.23. The molecule has 0 bridgehead atoms. The van der Waals surface area contributed by atoms with Crippen molar-refractivity contribution in [1.29, 1.82) is 0 Å². The minimum Gasteiger partial charge on any atom is -0.507 e. The van der Waals surface area contributed by atoms with Crippen molar-refractivity contribution in [2.45, 2.75) is 32.6 Å². The largest absolute Gasteiger partial charge is 0.507 e. The second-order valence-electron chi connectivity index (χ2n) is 6.12. The van der Waals surface area contributed by atoms with E-state index in [0.717, 1.165) is 18.7 Å². The smallest absolute Gasteiger partial charge is 0.257 e. The third-order valence-electron chi connectivity index (χ3n) is 4.02. The van der Waals surface area contributed by atoms with Crippen molar-refractivity contribution in [2.75, 3.05) is 13.1 Å². The molecule has 0 aromatic heterocycles. The summed E-state index contributed by atoms with van der Waals surface area (Å²) in [7, 11) is 0. The summed E-state index contributed by atoms with van der Waals surface area (Å²) in [5.74, 6) is 1.49. The molecule has 0 unspecified atom stereocenters. The van der Waals surface area contributed by atoms with Crippen LogP contribution in [0.1, 0.15) is 41.6 Å². The van der Waals surface area contributed by atoms with Gasteiger partial charge in [0.05, 0.1) is 5.56 Å². The Morgan fingerprint density at radius 1 is 1.21 bits per heavy atom. The molecular formula is C16H21NO2. The number of aryl methyl sites for hydroxylation is 1. The van der Waals surface area contributed by atoms with Crippen LogP contribution < -0.4 is 0 Å². The Labute approximate surface area is 114 Å². The highest BCUT2D eigenvalue weighted by Crippen LogP contribution is 2.34. The number of carbonyl (C=O) groups is 1. The first-order valence-corrected chi connectivity index (χ1v) is 7.22. The van der Waals surface area contributed by atoms with Crippen molar-refractivity contribution in [3.05, 3.63) is 29.3 Å². The molecule has 3 heteroatoms. The average Bonchev–Trinajstić information content (AvgIpc) is 3.22. The van der Waals surface area contributed by atoms with E-state index in [1.807, 2.05) is 17.9 Å². The normalized spacial score (nSPS) is 18.4. The monoisotopic (exact) mass is 259 g/mol. The summed E-state index contributed by atoms with van der Waals surface area (Å²) in [6.45, 7) is 3.64. The van der Waals surface area contributed by atoms with E-state index in [1.54, 1.807) is 12.1 Å². The number of nitrogens with zero attached hydrogens (tertiary/aromatic N) is 1. The van der Waals surface area contributed by atoms with Gasteiger partial charge in [0, 0.05) is 13.1 Å². The molecular weight excluding hydrogens is 238 g/mol. The molecule has 2 saturated carbocycles. The molecule has 0 saturated heterocycles. The van der Waals surface area contributed by atoms with Gasteiger partial charge < -0.3 is 10.0 Å². The van der Waals surface area contributed by atoms with Crippen LogP contribution in [0.3, 0.4) is 0 Å². The Morgan fingerprint density at radius 3 is 2.26 bits per heavy atom. The highest BCUT2D eigenvalue weighted by molar-refractivity contribution is 5.97. The Hall–Kier alpha value is -1.51. The number of benzene rings is 1. The van der Waals surface area contributed by atoms with E-state index in [1.165, 1.54) is 25.7 Å². The van der Waals surface area contributed by atoms with Crippen molar-refractivity contribution in [2.24, 2.45) is 11.8 Å². The molecule has 0 spiro atoms. The molecule has 1 N–H and O–H groups in total. The Balaban J connectivity index is 1.76. The fourth-order valence-corrected chi connectivity index (χ4v) is 2.46. The lowest BCUT2D eigenvalue weighted by Crippen LogP contribution is -2.34. The highest BCUT2D eigenvalue weighted by Gasteiger charge is 2.32. The number of hydrogen-bond acceptors (Lipinski definition) is 2. The molecule has 0 heterocycles. The maximum Gasteiger partial charge on any atom is 0.257 e. The van der Waals surface area contributed by atoms with Crippen LogP contribution in [0.5, 0.6) is 5.75 Å². The summed E-state index contributed by atoms with van der Waals surface area (Å²) in [5.41, 5.74) is 1.43. The van der Waals surface area contributed by atoms with E-state index in [0.29, 0.717) is 17.4 Å². The molecule has 2 fully saturated rings. The summed E-state index contributed by atoms with van der Waals surface area (Å²) < 4.78 is 0. The van der Waals surface area contributed by atoms with E-state index < -0.39 is 0 Å². The molecule has 0 aliphatic heterocycles. The van der Waals surface area contributed by atoms with Gasteiger partial charge >= 0.3 is 0 Å². The zero-order chi connectivity index (χ0) is 13.4. The van der Waals surface area contributed by atoms with Gasteiger partial charge in [-0.2, -0.15) is 0 Å². The van der Waals surface area contributed by atoms with Crippen LogP contribution in [0, 0.1) is 18.8 Å². The fraction of sp³-hybridized carbons (Fsp3) is 0.562. The SMILES string of the molecule is Cc1ccc(C(=O)N(CC2CC2)CC2CC2)c(O)c1. The predicted octanol–water partition coefficient (Wildman–Crippen LogP) is 2.96. The highest BCUT2D eigenvalue weighted by atomic mass is 16.3. The number of hydrogen-bond donors (Lipinski definition) is 1. The predicted molar refractivity (Wildman–Crippen MR) is 74.2 cm³/mol. The molecule has 2 aliphatic carbocycles. The minimum atomic E-state index is -0.00343. The number of amides is 1. The van der Waals surface area contributed by atoms with Gasteiger partial charge in [-0.1, -0.05) is 6.07 Å². The van der Waals surface area contributed by atoms with E-state index in [2.05, 4.69) is 0 Å². The van der Waals surface area contributed by atoms with Crippen LogP contribution in [0.25, 0.3) is 0 Å². The first-order valence-electron chi connectivity index (χ1n) is 7.22. The van der Waals surface area contributed by atoms with Crippen LogP contribution in [0.2, 0.25) is 0 Å². The van der Waals surface area contributed by atoms with Crippen molar-refractivity contribution in [1.82, 2.24) is 4.90 Å². The molecule has 19 heavy (non-hydrogen) atoms. The van der Waals surface area contributed by atoms with Crippen LogP contribution in [0.15, 0.2) is 18.2 Å². The van der Waals surface area contributed by atoms with Crippen LogP contribution in [0.4, 0.5) is 0 Å². The summed E-state index contributed by atoms with van der Waals surface area (Å²) in [6, 6.07) is 5.30. The Kier molecular flexibility index (Phi) is 3.21. The summed E-state index contributed by atoms with van der Waals surface area (Å²) >= 11 is 0. The zero-order valence-electron chi connectivity index (χ0n) is 11.4. The summed E-state index contributed by atoms with van der Waals surface area (Å²) in [5, 5.41) is 9.96. The number of aromatic hydroxyl groups is 1. The first-order chi connectivity index (χ1) is 9.13. The van der Waals surface area contributed by atoms with Crippen LogP contribution in [-0.2, 0) is 0 Å². The standard InChI is InChI=1S/C16H21NO2/c1-11-2-7-14(15(18)8-11)16(19)17(9-12-3-4-12)10-13-5-6-13/h2,7-8,12-13,18H,3-6,9-10H2,1H3. The van der Waals surface area contributed by atoms with Gasteiger partial charge in [0.25, 0.3) is 5.91 Å². The van der Waals surface area contributed by atoms with E-state index in [-0.39, 0.29) is 11.7 Å². The van der Waals surface area contributed by atoms with Gasteiger partial charge in [-0.05, 0) is 62.1 Å². The van der Waals surface area contributed by atoms with Gasteiger partial charge in [0.15, 0.2) is 0 Å². The zero-order valence-corrected chi connectivity index (χ0v) is 11.4. The summed E-state index contributed by atoms with van der Waals surface area (Å²) in [4.78, 5) is 14.5. The summed E-state index contributed by atoms with van der Waals surface area (Å²) in [6.07, 6.45) is 4.98. The third-order valence-corrected chi connectivity index (χ3v) is 4.02. The van der Waals surface area contributed by atoms with Gasteiger partial charge in [-0.15, -0.1) is 0 Å². The Bertz CT molecular complexity index is 476. The molecule has 0 atom stereocenters. The van der Waals surface area contributed by atoms with Gasteiger partial charge in [0.1, 0.15) is 5.75 Å². The maximum atomic E-state index is 12.6. The molecule has 3 nitrogen and oxygen atoms in total. The van der Waals surface area contributed by atoms with Crippen molar-refractivity contribution < 1.29 is 9.90 Å². The lowest BCUT2D eigenvalue weighted by atomic mass is 10.1. The first kappa shape index (κ1) is 12.5. The molecule has 2 aliphatic rings. The topological polar surface area (TPSA) is 40.5 Å². The molecule has 1 aromatic rings. The van der Waals surface area contributed by atoms with Crippen molar-refractivity contribution >= 4 is 5.91 Å². The molecule has 102 valence electrons. The van der Waals surface area contributed by atoms with E-state index in [4.69, 9.17) is 0 Å². The van der Waals surface area contributed by atoms with Gasteiger partial charge in [-0.25, -0.2) is 0 Å².